The molecule has 106 valence electrons. The summed E-state index contributed by atoms with van der Waals surface area (Å²) in [6.45, 7) is 2.19. The van der Waals surface area contributed by atoms with Gasteiger partial charge in [0.15, 0.2) is 0 Å². The van der Waals surface area contributed by atoms with Gasteiger partial charge in [-0.1, -0.05) is 58.3 Å². The van der Waals surface area contributed by atoms with Crippen molar-refractivity contribution in [2.45, 2.75) is 70.8 Å². The molecule has 2 N–H and O–H groups in total. The molecule has 0 amide bonds. The SMILES string of the molecule is CCCCCCCCCCC(O)CS(=O)(=O)O.[NaH]. The van der Waals surface area contributed by atoms with Crippen molar-refractivity contribution < 1.29 is 18.1 Å². The summed E-state index contributed by atoms with van der Waals surface area (Å²) < 4.78 is 29.5. The average Bonchev–Trinajstić information content (AvgIpc) is 2.19. The van der Waals surface area contributed by atoms with Gasteiger partial charge in [-0.25, -0.2) is 0 Å². The topological polar surface area (TPSA) is 74.6 Å². The van der Waals surface area contributed by atoms with E-state index < -0.39 is 22.0 Å². The van der Waals surface area contributed by atoms with Crippen LogP contribution in [0.2, 0.25) is 0 Å². The van der Waals surface area contributed by atoms with Gasteiger partial charge in [0.05, 0.1) is 6.10 Å². The van der Waals surface area contributed by atoms with Gasteiger partial charge in [-0.05, 0) is 6.42 Å². The molecule has 0 bridgehead atoms. The molecule has 4 nitrogen and oxygen atoms in total. The molecule has 0 rings (SSSR count). The van der Waals surface area contributed by atoms with Crippen molar-refractivity contribution in [2.24, 2.45) is 0 Å². The zero-order chi connectivity index (χ0) is 13.1. The van der Waals surface area contributed by atoms with Crippen LogP contribution in [0.4, 0.5) is 0 Å². The predicted octanol–water partition coefficient (Wildman–Crippen LogP) is 2.12. The number of hydrogen-bond donors (Lipinski definition) is 2. The Bertz CT molecular complexity index is 267. The van der Waals surface area contributed by atoms with Crippen LogP contribution in [-0.2, 0) is 10.1 Å². The maximum absolute atomic E-state index is 10.5. The second-order valence-corrected chi connectivity index (χ2v) is 6.16. The molecule has 0 aromatic rings. The van der Waals surface area contributed by atoms with E-state index in [1.54, 1.807) is 0 Å². The first-order valence-electron chi connectivity index (χ1n) is 6.59. The number of rotatable bonds is 11. The van der Waals surface area contributed by atoms with Gasteiger partial charge in [-0.15, -0.1) is 0 Å². The van der Waals surface area contributed by atoms with Crippen molar-refractivity contribution in [1.29, 1.82) is 0 Å². The molecule has 0 radical (unpaired) electrons. The first-order chi connectivity index (χ1) is 7.95. The Kier molecular flexibility index (Phi) is 15.2. The molecule has 0 aliphatic rings. The molecule has 1 unspecified atom stereocenters. The van der Waals surface area contributed by atoms with Gasteiger partial charge in [-0.3, -0.25) is 4.55 Å². The molecule has 0 saturated heterocycles. The van der Waals surface area contributed by atoms with Crippen molar-refractivity contribution in [2.75, 3.05) is 5.75 Å². The van der Waals surface area contributed by atoms with Gasteiger partial charge in [0.1, 0.15) is 5.75 Å². The normalized spacial score (nSPS) is 13.1. The third-order valence-electron chi connectivity index (χ3n) is 2.79. The second kappa shape index (κ2) is 12.9. The average molecular weight is 290 g/mol. The Labute approximate surface area is 134 Å². The molecule has 0 heterocycles. The van der Waals surface area contributed by atoms with E-state index in [0.29, 0.717) is 6.42 Å². The van der Waals surface area contributed by atoms with Gasteiger partial charge >= 0.3 is 29.6 Å². The summed E-state index contributed by atoms with van der Waals surface area (Å²) >= 11 is 0. The standard InChI is InChI=1S/C12H26O4S.Na.H/c1-2-3-4-5-6-7-8-9-10-12(13)11-17(14,15)16;;/h12-13H,2-11H2,1H3,(H,14,15,16);;. The van der Waals surface area contributed by atoms with E-state index in [0.717, 1.165) is 19.3 Å². The summed E-state index contributed by atoms with van der Waals surface area (Å²) in [6, 6.07) is 0. The molecule has 0 aliphatic heterocycles. The molecule has 0 saturated carbocycles. The summed E-state index contributed by atoms with van der Waals surface area (Å²) in [5, 5.41) is 9.32. The van der Waals surface area contributed by atoms with Crippen LogP contribution in [0, 0.1) is 0 Å². The number of aliphatic hydroxyl groups excluding tert-OH is 1. The molecule has 0 aromatic heterocycles. The van der Waals surface area contributed by atoms with Gasteiger partial charge in [0.2, 0.25) is 0 Å². The number of hydrogen-bond acceptors (Lipinski definition) is 3. The summed E-state index contributed by atoms with van der Waals surface area (Å²) in [5.41, 5.74) is 0. The molecular weight excluding hydrogens is 263 g/mol. The first-order valence-corrected chi connectivity index (χ1v) is 8.20. The third kappa shape index (κ3) is 16.9. The van der Waals surface area contributed by atoms with Gasteiger partial charge < -0.3 is 5.11 Å². The van der Waals surface area contributed by atoms with Crippen LogP contribution >= 0.6 is 0 Å². The summed E-state index contributed by atoms with van der Waals surface area (Å²) in [6.07, 6.45) is 8.84. The molecule has 6 heteroatoms. The fraction of sp³-hybridized carbons (Fsp3) is 1.00. The Hall–Kier alpha value is 0.870. The van der Waals surface area contributed by atoms with Crippen molar-refractivity contribution in [3.05, 3.63) is 0 Å². The molecule has 1 atom stereocenters. The Morgan fingerprint density at radius 1 is 0.944 bits per heavy atom. The molecule has 0 spiro atoms. The van der Waals surface area contributed by atoms with Crippen molar-refractivity contribution in [3.63, 3.8) is 0 Å². The van der Waals surface area contributed by atoms with Crippen LogP contribution in [0.1, 0.15) is 64.7 Å². The molecule has 0 aliphatic carbocycles. The van der Waals surface area contributed by atoms with E-state index in [1.807, 2.05) is 0 Å². The fourth-order valence-corrected chi connectivity index (χ4v) is 2.49. The molecule has 18 heavy (non-hydrogen) atoms. The number of unbranched alkanes of at least 4 members (excludes halogenated alkanes) is 7. The first kappa shape index (κ1) is 21.2. The number of aliphatic hydroxyl groups is 1. The van der Waals surface area contributed by atoms with Crippen molar-refractivity contribution in [3.8, 4) is 0 Å². The van der Waals surface area contributed by atoms with Crippen LogP contribution in [-0.4, -0.2) is 59.5 Å². The summed E-state index contributed by atoms with van der Waals surface area (Å²) in [5.74, 6) is -0.538. The molecule has 0 aromatic carbocycles. The fourth-order valence-electron chi connectivity index (χ4n) is 1.84. The maximum atomic E-state index is 10.5. The van der Waals surface area contributed by atoms with Crippen LogP contribution in [0.25, 0.3) is 0 Å². The minimum atomic E-state index is -4.03. The van der Waals surface area contributed by atoms with Crippen molar-refractivity contribution in [1.82, 2.24) is 0 Å². The van der Waals surface area contributed by atoms with E-state index in [2.05, 4.69) is 6.92 Å². The quantitative estimate of drug-likeness (QED) is 0.347. The summed E-state index contributed by atoms with van der Waals surface area (Å²) in [4.78, 5) is 0. The zero-order valence-corrected chi connectivity index (χ0v) is 11.6. The van der Waals surface area contributed by atoms with E-state index in [4.69, 9.17) is 4.55 Å². The van der Waals surface area contributed by atoms with E-state index in [-0.39, 0.29) is 29.6 Å². The van der Waals surface area contributed by atoms with E-state index in [1.165, 1.54) is 32.1 Å². The second-order valence-electron chi connectivity index (χ2n) is 4.67. The molecule has 0 fully saturated rings. The van der Waals surface area contributed by atoms with Crippen LogP contribution in [0.15, 0.2) is 0 Å². The van der Waals surface area contributed by atoms with Crippen LogP contribution in [0.5, 0.6) is 0 Å². The Morgan fingerprint density at radius 2 is 1.39 bits per heavy atom. The van der Waals surface area contributed by atoms with Crippen LogP contribution in [0.3, 0.4) is 0 Å². The van der Waals surface area contributed by atoms with Gasteiger partial charge in [0.25, 0.3) is 10.1 Å². The van der Waals surface area contributed by atoms with E-state index in [9.17, 15) is 13.5 Å². The van der Waals surface area contributed by atoms with Crippen LogP contribution < -0.4 is 0 Å². The van der Waals surface area contributed by atoms with Crippen molar-refractivity contribution >= 4 is 39.7 Å². The van der Waals surface area contributed by atoms with E-state index >= 15 is 0 Å². The minimum absolute atomic E-state index is 0. The Balaban J connectivity index is 0. The third-order valence-corrected chi connectivity index (χ3v) is 3.60. The monoisotopic (exact) mass is 290 g/mol. The summed E-state index contributed by atoms with van der Waals surface area (Å²) in [7, 11) is -4.03. The predicted molar refractivity (Wildman–Crippen MR) is 76.8 cm³/mol. The van der Waals surface area contributed by atoms with Gasteiger partial charge in [0, 0.05) is 0 Å². The Morgan fingerprint density at radius 3 is 1.83 bits per heavy atom. The zero-order valence-electron chi connectivity index (χ0n) is 10.8. The van der Waals surface area contributed by atoms with Gasteiger partial charge in [-0.2, -0.15) is 8.42 Å². The molecular formula is C12H27NaO4S.